The van der Waals surface area contributed by atoms with Crippen LogP contribution in [-0.2, 0) is 6.18 Å². The average Bonchev–Trinajstić information content (AvgIpc) is 2.69. The van der Waals surface area contributed by atoms with Gasteiger partial charge in [-0.1, -0.05) is 87.5 Å². The van der Waals surface area contributed by atoms with Crippen LogP contribution in [0.1, 0.15) is 11.1 Å². The highest BCUT2D eigenvalue weighted by atomic mass is 35.6. The summed E-state index contributed by atoms with van der Waals surface area (Å²) in [7, 11) is 0. The standard InChI is InChI=1S/C14H5Cl6F3N2/c15-12(16,17)9-5-6-10(13(18,19)20)25-11(24-9)7-1-3-8(4-2-7)14(21,22)23/h1-5H. The topological polar surface area (TPSA) is 24.7 Å². The summed E-state index contributed by atoms with van der Waals surface area (Å²) in [5.41, 5.74) is 1.65. The van der Waals surface area contributed by atoms with Gasteiger partial charge in [0, 0.05) is 11.6 Å². The molecule has 0 atom stereocenters. The lowest BCUT2D eigenvalue weighted by Gasteiger charge is -2.12. The molecule has 1 aromatic rings. The number of alkyl halides is 9. The van der Waals surface area contributed by atoms with Crippen molar-refractivity contribution < 1.29 is 13.2 Å². The minimum absolute atomic E-state index is 0.0969. The van der Waals surface area contributed by atoms with Crippen LogP contribution < -0.4 is 0 Å². The Morgan fingerprint density at radius 2 is 1.36 bits per heavy atom. The number of hydrogen-bond acceptors (Lipinski definition) is 2. The third kappa shape index (κ3) is 5.54. The van der Waals surface area contributed by atoms with Gasteiger partial charge in [0.1, 0.15) is 11.4 Å². The van der Waals surface area contributed by atoms with E-state index in [0.717, 1.165) is 24.3 Å². The summed E-state index contributed by atoms with van der Waals surface area (Å²) < 4.78 is 34.1. The monoisotopic (exact) mass is 468 g/mol. The van der Waals surface area contributed by atoms with E-state index in [1.165, 1.54) is 6.08 Å². The molecule has 0 spiro atoms. The van der Waals surface area contributed by atoms with Gasteiger partial charge in [0.15, 0.2) is 5.84 Å². The maximum absolute atomic E-state index is 12.7. The minimum atomic E-state index is -4.49. The maximum atomic E-state index is 12.7. The molecule has 1 aliphatic heterocycles. The van der Waals surface area contributed by atoms with Crippen LogP contribution in [0.2, 0.25) is 0 Å². The molecule has 0 saturated heterocycles. The van der Waals surface area contributed by atoms with Crippen LogP contribution in [0.3, 0.4) is 0 Å². The first-order valence-electron chi connectivity index (χ1n) is 6.24. The number of halogens is 9. The Morgan fingerprint density at radius 3 is 1.80 bits per heavy atom. The molecule has 1 heterocycles. The zero-order chi connectivity index (χ0) is 19.0. The van der Waals surface area contributed by atoms with Crippen LogP contribution in [0, 0.1) is 0 Å². The number of benzene rings is 1. The van der Waals surface area contributed by atoms with E-state index in [-0.39, 0.29) is 22.8 Å². The van der Waals surface area contributed by atoms with E-state index in [4.69, 9.17) is 69.6 Å². The first-order valence-corrected chi connectivity index (χ1v) is 8.51. The maximum Gasteiger partial charge on any atom is 0.416 e. The molecule has 11 heteroatoms. The Hall–Kier alpha value is -0.390. The summed E-state index contributed by atoms with van der Waals surface area (Å²) in [6.07, 6.45) is -3.31. The van der Waals surface area contributed by atoms with E-state index in [1.54, 1.807) is 0 Å². The summed E-state index contributed by atoms with van der Waals surface area (Å²) in [6.45, 7) is 0. The summed E-state index contributed by atoms with van der Waals surface area (Å²) in [6, 6.07) is 4.03. The summed E-state index contributed by atoms with van der Waals surface area (Å²) in [5.74, 6) is -0.0994. The summed E-state index contributed by atoms with van der Waals surface area (Å²) in [4.78, 5) is 8.07. The van der Waals surface area contributed by atoms with Crippen LogP contribution in [-0.4, -0.2) is 19.1 Å². The number of nitrogens with zero attached hydrogens (tertiary/aromatic N) is 2. The molecule has 0 fully saturated rings. The minimum Gasteiger partial charge on any atom is -0.228 e. The molecule has 0 bridgehead atoms. The van der Waals surface area contributed by atoms with E-state index in [1.807, 2.05) is 0 Å². The van der Waals surface area contributed by atoms with Crippen molar-refractivity contribution in [3.63, 3.8) is 0 Å². The summed E-state index contributed by atoms with van der Waals surface area (Å²) in [5, 5.41) is 0. The van der Waals surface area contributed by atoms with Gasteiger partial charge in [0.25, 0.3) is 0 Å². The van der Waals surface area contributed by atoms with Gasteiger partial charge >= 0.3 is 6.18 Å². The van der Waals surface area contributed by atoms with Crippen molar-refractivity contribution in [2.24, 2.45) is 9.98 Å². The highest BCUT2D eigenvalue weighted by molar-refractivity contribution is 6.78. The van der Waals surface area contributed by atoms with Crippen LogP contribution in [0.5, 0.6) is 0 Å². The van der Waals surface area contributed by atoms with Crippen LogP contribution in [0.4, 0.5) is 13.2 Å². The smallest absolute Gasteiger partial charge is 0.228 e. The SMILES string of the molecule is FC(F)(F)c1ccc(C2=NC(C(Cl)(Cl)Cl)=C=CC(C(Cl)(Cl)Cl)=N2)cc1. The van der Waals surface area contributed by atoms with Gasteiger partial charge in [0.05, 0.1) is 5.56 Å². The van der Waals surface area contributed by atoms with Crippen molar-refractivity contribution in [3.8, 4) is 0 Å². The predicted octanol–water partition coefficient (Wildman–Crippen LogP) is 6.69. The highest BCUT2D eigenvalue weighted by Crippen LogP contribution is 2.37. The molecule has 0 unspecified atom stereocenters. The molecule has 2 rings (SSSR count). The molecule has 25 heavy (non-hydrogen) atoms. The van der Waals surface area contributed by atoms with Gasteiger partial charge in [0.2, 0.25) is 7.59 Å². The van der Waals surface area contributed by atoms with Crippen LogP contribution in [0.15, 0.2) is 51.8 Å². The van der Waals surface area contributed by atoms with Crippen molar-refractivity contribution in [1.82, 2.24) is 0 Å². The molecule has 0 aliphatic carbocycles. The lowest BCUT2D eigenvalue weighted by molar-refractivity contribution is -0.137. The Balaban J connectivity index is 2.57. The Morgan fingerprint density at radius 1 is 0.800 bits per heavy atom. The van der Waals surface area contributed by atoms with Crippen molar-refractivity contribution >= 4 is 81.2 Å². The zero-order valence-electron chi connectivity index (χ0n) is 11.7. The van der Waals surface area contributed by atoms with Crippen molar-refractivity contribution in [2.75, 3.05) is 0 Å². The molecular formula is C14H5Cl6F3N2. The average molecular weight is 471 g/mol. The van der Waals surface area contributed by atoms with Crippen molar-refractivity contribution in [3.05, 3.63) is 52.9 Å². The lowest BCUT2D eigenvalue weighted by Crippen LogP contribution is -2.18. The second-order valence-corrected chi connectivity index (χ2v) is 9.20. The van der Waals surface area contributed by atoms with Gasteiger partial charge in [-0.2, -0.15) is 13.2 Å². The lowest BCUT2D eigenvalue weighted by atomic mass is 10.1. The number of aliphatic imine (C=N–C) groups is 2. The molecule has 134 valence electrons. The second kappa shape index (κ2) is 7.32. The van der Waals surface area contributed by atoms with Gasteiger partial charge < -0.3 is 0 Å². The van der Waals surface area contributed by atoms with E-state index in [9.17, 15) is 13.2 Å². The number of rotatable bonds is 1. The zero-order valence-corrected chi connectivity index (χ0v) is 16.2. The Labute approximate surface area is 170 Å². The molecular weight excluding hydrogens is 466 g/mol. The molecule has 1 aliphatic rings. The van der Waals surface area contributed by atoms with Gasteiger partial charge in [-0.3, -0.25) is 0 Å². The third-order valence-electron chi connectivity index (χ3n) is 2.82. The third-order valence-corrected chi connectivity index (χ3v) is 3.94. The van der Waals surface area contributed by atoms with E-state index >= 15 is 0 Å². The van der Waals surface area contributed by atoms with Crippen molar-refractivity contribution in [1.29, 1.82) is 0 Å². The molecule has 0 amide bonds. The number of hydrogen-bond donors (Lipinski definition) is 0. The molecule has 0 aromatic heterocycles. The first kappa shape index (κ1) is 20.9. The quantitative estimate of drug-likeness (QED) is 0.323. The molecule has 0 N–H and O–H groups in total. The Bertz CT molecular complexity index is 792. The van der Waals surface area contributed by atoms with Gasteiger partial charge in [-0.25, -0.2) is 9.98 Å². The fraction of sp³-hybridized carbons (Fsp3) is 0.214. The molecule has 0 radical (unpaired) electrons. The van der Waals surface area contributed by atoms with Gasteiger partial charge in [-0.15, -0.1) is 0 Å². The van der Waals surface area contributed by atoms with E-state index in [2.05, 4.69) is 15.7 Å². The summed E-state index contributed by atoms with van der Waals surface area (Å²) >= 11 is 34.8. The first-order chi connectivity index (χ1) is 11.3. The second-order valence-electron chi connectivity index (χ2n) is 4.64. The highest BCUT2D eigenvalue weighted by Gasteiger charge is 2.32. The molecule has 2 nitrogen and oxygen atoms in total. The Kier molecular flexibility index (Phi) is 6.12. The predicted molar refractivity (Wildman–Crippen MR) is 97.6 cm³/mol. The van der Waals surface area contributed by atoms with E-state index in [0.29, 0.717) is 0 Å². The van der Waals surface area contributed by atoms with E-state index < -0.39 is 19.3 Å². The fourth-order valence-corrected chi connectivity index (χ4v) is 2.25. The molecule has 1 aromatic carbocycles. The number of allylic oxidation sites excluding steroid dienone is 1. The largest absolute Gasteiger partial charge is 0.416 e. The van der Waals surface area contributed by atoms with Crippen LogP contribution >= 0.6 is 69.6 Å². The fourth-order valence-electron chi connectivity index (χ4n) is 1.67. The normalized spacial score (nSPS) is 16.1. The van der Waals surface area contributed by atoms with Gasteiger partial charge in [-0.05, 0) is 12.1 Å². The van der Waals surface area contributed by atoms with Crippen LogP contribution in [0.25, 0.3) is 0 Å². The number of amidine groups is 1. The molecule has 0 saturated carbocycles. The van der Waals surface area contributed by atoms with Crippen molar-refractivity contribution in [2.45, 2.75) is 13.8 Å².